The van der Waals surface area contributed by atoms with Gasteiger partial charge in [-0.15, -0.1) is 0 Å². The number of amides is 1. The Kier molecular flexibility index (Phi) is 7.58. The van der Waals surface area contributed by atoms with Gasteiger partial charge >= 0.3 is 6.18 Å². The molecule has 0 aromatic carbocycles. The van der Waals surface area contributed by atoms with Crippen molar-refractivity contribution in [2.75, 3.05) is 31.6 Å². The van der Waals surface area contributed by atoms with E-state index in [-0.39, 0.29) is 25.4 Å². The second-order valence-corrected chi connectivity index (χ2v) is 10.5. The Hall–Kier alpha value is -2.64. The molecule has 188 valence electrons. The van der Waals surface area contributed by atoms with E-state index >= 15 is 0 Å². The molecule has 9 nitrogen and oxygen atoms in total. The summed E-state index contributed by atoms with van der Waals surface area (Å²) in [6.07, 6.45) is -1.50. The number of carbonyl (C=O) groups is 1. The van der Waals surface area contributed by atoms with Crippen LogP contribution in [0.15, 0.2) is 40.0 Å². The highest BCUT2D eigenvalue weighted by molar-refractivity contribution is 7.89. The topological polar surface area (TPSA) is 125 Å². The van der Waals surface area contributed by atoms with E-state index in [9.17, 15) is 31.5 Å². The summed E-state index contributed by atoms with van der Waals surface area (Å²) in [6, 6.07) is 2.74. The van der Waals surface area contributed by atoms with Gasteiger partial charge in [0.25, 0.3) is 5.91 Å². The molecule has 3 N–H and O–H groups in total. The highest BCUT2D eigenvalue weighted by atomic mass is 32.2. The predicted molar refractivity (Wildman–Crippen MR) is 117 cm³/mol. The number of hydrogen-bond acceptors (Lipinski definition) is 7. The summed E-state index contributed by atoms with van der Waals surface area (Å²) in [4.78, 5) is 15.0. The third-order valence-corrected chi connectivity index (χ3v) is 7.72. The second-order valence-electron chi connectivity index (χ2n) is 8.63. The van der Waals surface area contributed by atoms with E-state index in [1.165, 1.54) is 18.4 Å². The number of sulfonamides is 1. The number of piperidine rings is 1. The number of anilines is 1. The van der Waals surface area contributed by atoms with Crippen LogP contribution in [0, 0.1) is 5.41 Å². The molecule has 0 bridgehead atoms. The number of alkyl halides is 3. The Labute approximate surface area is 195 Å². The molecule has 34 heavy (non-hydrogen) atoms. The summed E-state index contributed by atoms with van der Waals surface area (Å²) in [6.45, 7) is 3.14. The molecule has 2 aromatic rings. The zero-order chi connectivity index (χ0) is 25.1. The van der Waals surface area contributed by atoms with Crippen LogP contribution in [0.5, 0.6) is 0 Å². The fourth-order valence-corrected chi connectivity index (χ4v) is 5.74. The van der Waals surface area contributed by atoms with Crippen LogP contribution in [0.25, 0.3) is 0 Å². The molecule has 1 aliphatic heterocycles. The molecule has 1 unspecified atom stereocenters. The maximum Gasteiger partial charge on any atom is 0.419 e. The summed E-state index contributed by atoms with van der Waals surface area (Å²) in [5.74, 6) is -1.03. The molecule has 0 aliphatic carbocycles. The molecule has 0 saturated carbocycles. The van der Waals surface area contributed by atoms with Gasteiger partial charge in [0.05, 0.1) is 24.5 Å². The molecule has 13 heteroatoms. The van der Waals surface area contributed by atoms with Gasteiger partial charge in [0.2, 0.25) is 10.0 Å². The van der Waals surface area contributed by atoms with Gasteiger partial charge in [0.15, 0.2) is 5.76 Å². The standard InChI is InChI=1S/C21H27F3N4O5S/c1-20(2)6-4-9-28(17(20)13-29)34(31,32)14-11-15(21(22,23)24)18(27-12-14)25-7-8-26-19(30)16-5-3-10-33-16/h3,5,10-12,17,29H,4,6-9,13H2,1-2H3,(H,25,27)(H,26,30). The Morgan fingerprint density at radius 3 is 2.71 bits per heavy atom. The number of aliphatic hydroxyl groups excluding tert-OH is 1. The minimum absolute atomic E-state index is 0.0282. The number of pyridine rings is 1. The first-order valence-corrected chi connectivity index (χ1v) is 12.1. The number of furan rings is 1. The van der Waals surface area contributed by atoms with E-state index in [1.54, 1.807) is 0 Å². The molecule has 0 radical (unpaired) electrons. The number of halogens is 3. The molecule has 2 aromatic heterocycles. The largest absolute Gasteiger partial charge is 0.459 e. The summed E-state index contributed by atoms with van der Waals surface area (Å²) in [5.41, 5.74) is -1.79. The minimum Gasteiger partial charge on any atom is -0.459 e. The van der Waals surface area contributed by atoms with Crippen molar-refractivity contribution in [1.82, 2.24) is 14.6 Å². The van der Waals surface area contributed by atoms with E-state index < -0.39 is 56.4 Å². The Morgan fingerprint density at radius 2 is 2.09 bits per heavy atom. The summed E-state index contributed by atoms with van der Waals surface area (Å²) >= 11 is 0. The van der Waals surface area contributed by atoms with Crippen LogP contribution in [0.4, 0.5) is 19.0 Å². The van der Waals surface area contributed by atoms with E-state index in [0.717, 1.165) is 10.5 Å². The minimum atomic E-state index is -4.88. The molecular formula is C21H27F3N4O5S. The van der Waals surface area contributed by atoms with E-state index in [0.29, 0.717) is 18.9 Å². The van der Waals surface area contributed by atoms with Crippen molar-refractivity contribution in [2.24, 2.45) is 5.41 Å². The average molecular weight is 505 g/mol. The molecular weight excluding hydrogens is 477 g/mol. The number of aromatic nitrogens is 1. The normalized spacial score (nSPS) is 19.1. The maximum absolute atomic E-state index is 13.7. The highest BCUT2D eigenvalue weighted by Gasteiger charge is 2.44. The highest BCUT2D eigenvalue weighted by Crippen LogP contribution is 2.39. The summed E-state index contributed by atoms with van der Waals surface area (Å²) in [7, 11) is -4.34. The van der Waals surface area contributed by atoms with Gasteiger partial charge in [-0.05, 0) is 36.5 Å². The quantitative estimate of drug-likeness (QED) is 0.472. The number of nitrogens with one attached hydrogen (secondary N) is 2. The van der Waals surface area contributed by atoms with E-state index in [1.807, 2.05) is 13.8 Å². The lowest BCUT2D eigenvalue weighted by atomic mass is 9.78. The lowest BCUT2D eigenvalue weighted by Crippen LogP contribution is -2.54. The molecule has 1 atom stereocenters. The second kappa shape index (κ2) is 9.92. The van der Waals surface area contributed by atoms with Crippen molar-refractivity contribution < 1.29 is 35.9 Å². The van der Waals surface area contributed by atoms with Crippen LogP contribution in [0.1, 0.15) is 42.8 Å². The molecule has 1 saturated heterocycles. The SMILES string of the molecule is CC1(C)CCCN(S(=O)(=O)c2cnc(NCCNC(=O)c3ccco3)c(C(F)(F)F)c2)C1CO. The summed E-state index contributed by atoms with van der Waals surface area (Å²) < 4.78 is 73.6. The van der Waals surface area contributed by atoms with Gasteiger partial charge in [-0.3, -0.25) is 4.79 Å². The van der Waals surface area contributed by atoms with Gasteiger partial charge in [-0.1, -0.05) is 13.8 Å². The predicted octanol–water partition coefficient (Wildman–Crippen LogP) is 2.71. The van der Waals surface area contributed by atoms with Crippen molar-refractivity contribution in [3.63, 3.8) is 0 Å². The number of hydrogen-bond donors (Lipinski definition) is 3. The first kappa shape index (κ1) is 26.0. The number of carbonyl (C=O) groups excluding carboxylic acids is 1. The molecule has 1 amide bonds. The van der Waals surface area contributed by atoms with Crippen molar-refractivity contribution in [3.8, 4) is 0 Å². The van der Waals surface area contributed by atoms with Crippen molar-refractivity contribution in [3.05, 3.63) is 42.0 Å². The average Bonchev–Trinajstić information content (AvgIpc) is 3.30. The van der Waals surface area contributed by atoms with Gasteiger partial charge in [-0.2, -0.15) is 17.5 Å². The van der Waals surface area contributed by atoms with Gasteiger partial charge < -0.3 is 20.2 Å². The van der Waals surface area contributed by atoms with E-state index in [4.69, 9.17) is 4.42 Å². The first-order valence-electron chi connectivity index (χ1n) is 10.6. The Morgan fingerprint density at radius 1 is 1.35 bits per heavy atom. The third kappa shape index (κ3) is 5.53. The zero-order valence-electron chi connectivity index (χ0n) is 18.7. The number of nitrogens with zero attached hydrogens (tertiary/aromatic N) is 2. The molecule has 1 fully saturated rings. The Balaban J connectivity index is 1.79. The monoisotopic (exact) mass is 504 g/mol. The lowest BCUT2D eigenvalue weighted by Gasteiger charge is -2.44. The van der Waals surface area contributed by atoms with Gasteiger partial charge in [0, 0.05) is 25.8 Å². The fraction of sp³-hybridized carbons (Fsp3) is 0.524. The smallest absolute Gasteiger partial charge is 0.419 e. The number of rotatable bonds is 8. The van der Waals surface area contributed by atoms with Crippen LogP contribution in [-0.4, -0.2) is 61.0 Å². The first-order chi connectivity index (χ1) is 15.9. The molecule has 3 rings (SSSR count). The van der Waals surface area contributed by atoms with Crippen LogP contribution < -0.4 is 10.6 Å². The van der Waals surface area contributed by atoms with Crippen LogP contribution in [0.2, 0.25) is 0 Å². The maximum atomic E-state index is 13.7. The van der Waals surface area contributed by atoms with Crippen molar-refractivity contribution in [2.45, 2.75) is 43.8 Å². The number of aliphatic hydroxyl groups is 1. The van der Waals surface area contributed by atoms with Crippen LogP contribution in [0.3, 0.4) is 0 Å². The zero-order valence-corrected chi connectivity index (χ0v) is 19.5. The molecule has 3 heterocycles. The van der Waals surface area contributed by atoms with Gasteiger partial charge in [0.1, 0.15) is 10.7 Å². The van der Waals surface area contributed by atoms with Crippen molar-refractivity contribution in [1.29, 1.82) is 0 Å². The van der Waals surface area contributed by atoms with Crippen LogP contribution >= 0.6 is 0 Å². The van der Waals surface area contributed by atoms with Crippen molar-refractivity contribution >= 4 is 21.7 Å². The summed E-state index contributed by atoms with van der Waals surface area (Å²) in [5, 5.41) is 14.8. The fourth-order valence-electron chi connectivity index (χ4n) is 3.96. The molecule has 0 spiro atoms. The van der Waals surface area contributed by atoms with Gasteiger partial charge in [-0.25, -0.2) is 13.4 Å². The third-order valence-electron chi connectivity index (χ3n) is 5.84. The van der Waals surface area contributed by atoms with E-state index in [2.05, 4.69) is 15.6 Å². The Bertz CT molecular complexity index is 1100. The van der Waals surface area contributed by atoms with Crippen LogP contribution in [-0.2, 0) is 16.2 Å². The molecule has 1 aliphatic rings. The lowest BCUT2D eigenvalue weighted by molar-refractivity contribution is -0.137.